The number of carbonyl (C=O) groups is 1. The molecule has 6 heteroatoms. The summed E-state index contributed by atoms with van der Waals surface area (Å²) in [7, 11) is 2.13. The molecule has 2 aromatic carbocycles. The molecule has 1 aromatic heterocycles. The summed E-state index contributed by atoms with van der Waals surface area (Å²) in [6, 6.07) is 18.7. The number of anilines is 2. The van der Waals surface area contributed by atoms with Crippen LogP contribution in [0, 0.1) is 0 Å². The van der Waals surface area contributed by atoms with Crippen LogP contribution in [0.25, 0.3) is 0 Å². The van der Waals surface area contributed by atoms with Crippen molar-refractivity contribution in [3.63, 3.8) is 0 Å². The monoisotopic (exact) mass is 388 g/mol. The summed E-state index contributed by atoms with van der Waals surface area (Å²) in [5.74, 6) is 1.18. The molecule has 1 amide bonds. The number of benzene rings is 2. The molecule has 0 radical (unpaired) electrons. The van der Waals surface area contributed by atoms with Gasteiger partial charge in [-0.25, -0.2) is 0 Å². The molecule has 1 fully saturated rings. The van der Waals surface area contributed by atoms with Crippen LogP contribution in [0.3, 0.4) is 0 Å². The van der Waals surface area contributed by atoms with Crippen molar-refractivity contribution >= 4 is 17.3 Å². The molecule has 0 atom stereocenters. The molecule has 1 aliphatic rings. The summed E-state index contributed by atoms with van der Waals surface area (Å²) >= 11 is 0. The summed E-state index contributed by atoms with van der Waals surface area (Å²) in [5, 5.41) is 3.06. The molecule has 148 valence electrons. The maximum atomic E-state index is 12.8. The van der Waals surface area contributed by atoms with E-state index in [9.17, 15) is 4.79 Å². The van der Waals surface area contributed by atoms with Crippen molar-refractivity contribution in [2.24, 2.45) is 0 Å². The number of likely N-dealkylation sites (N-methyl/N-ethyl adjacent to an activating group) is 1. The first-order valence-electron chi connectivity index (χ1n) is 9.71. The van der Waals surface area contributed by atoms with Gasteiger partial charge in [-0.1, -0.05) is 12.1 Å². The smallest absolute Gasteiger partial charge is 0.255 e. The maximum absolute atomic E-state index is 12.8. The number of nitrogens with zero attached hydrogens (tertiary/aromatic N) is 3. The Morgan fingerprint density at radius 2 is 1.69 bits per heavy atom. The fourth-order valence-electron chi connectivity index (χ4n) is 3.31. The first-order chi connectivity index (χ1) is 14.2. The van der Waals surface area contributed by atoms with Gasteiger partial charge in [0.05, 0.1) is 17.6 Å². The lowest BCUT2D eigenvalue weighted by Crippen LogP contribution is -2.44. The number of rotatable bonds is 5. The molecular formula is C23H24N4O2. The Labute approximate surface area is 170 Å². The number of hydrogen-bond donors (Lipinski definition) is 1. The van der Waals surface area contributed by atoms with Crippen molar-refractivity contribution in [1.82, 2.24) is 9.88 Å². The molecule has 4 rings (SSSR count). The molecule has 1 aliphatic heterocycles. The Bertz CT molecular complexity index is 952. The van der Waals surface area contributed by atoms with Crippen LogP contribution < -0.4 is 15.0 Å². The van der Waals surface area contributed by atoms with E-state index >= 15 is 0 Å². The lowest BCUT2D eigenvalue weighted by Gasteiger charge is -2.35. The van der Waals surface area contributed by atoms with Crippen molar-refractivity contribution in [2.75, 3.05) is 43.4 Å². The molecule has 1 saturated heterocycles. The number of aromatic nitrogens is 1. The quantitative estimate of drug-likeness (QED) is 0.719. The number of amides is 1. The van der Waals surface area contributed by atoms with Gasteiger partial charge in [0.15, 0.2) is 0 Å². The normalized spacial score (nSPS) is 14.4. The Balaban J connectivity index is 1.44. The highest BCUT2D eigenvalue weighted by Crippen LogP contribution is 2.27. The number of carbonyl (C=O) groups excluding carboxylic acids is 1. The van der Waals surface area contributed by atoms with Gasteiger partial charge in [0.25, 0.3) is 5.91 Å². The summed E-state index contributed by atoms with van der Waals surface area (Å²) in [5.41, 5.74) is 2.47. The van der Waals surface area contributed by atoms with Crippen molar-refractivity contribution in [1.29, 1.82) is 0 Å². The van der Waals surface area contributed by atoms with E-state index in [4.69, 9.17) is 4.74 Å². The first-order valence-corrected chi connectivity index (χ1v) is 9.71. The second kappa shape index (κ2) is 8.75. The molecule has 0 aliphatic carbocycles. The lowest BCUT2D eigenvalue weighted by molar-refractivity contribution is 0.102. The molecule has 29 heavy (non-hydrogen) atoms. The van der Waals surface area contributed by atoms with Crippen LogP contribution in [-0.4, -0.2) is 49.0 Å². The molecule has 3 aromatic rings. The van der Waals surface area contributed by atoms with Crippen molar-refractivity contribution in [2.45, 2.75) is 0 Å². The minimum Gasteiger partial charge on any atom is -0.456 e. The first kappa shape index (κ1) is 19.0. The third-order valence-corrected chi connectivity index (χ3v) is 4.98. The average molecular weight is 388 g/mol. The van der Waals surface area contributed by atoms with Gasteiger partial charge in [0, 0.05) is 37.9 Å². The van der Waals surface area contributed by atoms with Gasteiger partial charge in [-0.3, -0.25) is 9.78 Å². The zero-order valence-electron chi connectivity index (χ0n) is 16.4. The van der Waals surface area contributed by atoms with Gasteiger partial charge < -0.3 is 19.9 Å². The van der Waals surface area contributed by atoms with E-state index in [1.807, 2.05) is 30.3 Å². The van der Waals surface area contributed by atoms with Crippen LogP contribution in [0.15, 0.2) is 73.1 Å². The number of ether oxygens (including phenoxy) is 1. The number of piperazine rings is 1. The zero-order chi connectivity index (χ0) is 20.1. The summed E-state index contributed by atoms with van der Waals surface area (Å²) in [6.45, 7) is 3.93. The van der Waals surface area contributed by atoms with Crippen LogP contribution in [0.5, 0.6) is 11.5 Å². The minimum absolute atomic E-state index is 0.139. The van der Waals surface area contributed by atoms with Crippen molar-refractivity contribution < 1.29 is 9.53 Å². The van der Waals surface area contributed by atoms with Gasteiger partial charge in [-0.05, 0) is 55.6 Å². The number of hydrogen-bond acceptors (Lipinski definition) is 5. The van der Waals surface area contributed by atoms with Crippen molar-refractivity contribution in [3.8, 4) is 11.5 Å². The molecule has 0 spiro atoms. The lowest BCUT2D eigenvalue weighted by atomic mass is 10.1. The standard InChI is InChI=1S/C23H24N4O2/c1-26-13-15-27(16-14-26)22-7-3-2-6-21(22)25-23(28)18-8-10-19(11-9-18)29-20-5-4-12-24-17-20/h2-12,17H,13-16H2,1H3,(H,25,28). The topological polar surface area (TPSA) is 57.7 Å². The van der Waals surface area contributed by atoms with E-state index in [0.717, 1.165) is 37.6 Å². The van der Waals surface area contributed by atoms with Crippen molar-refractivity contribution in [3.05, 3.63) is 78.6 Å². The number of nitrogens with one attached hydrogen (secondary N) is 1. The van der Waals surface area contributed by atoms with E-state index in [0.29, 0.717) is 17.1 Å². The van der Waals surface area contributed by atoms with Gasteiger partial charge in [0.2, 0.25) is 0 Å². The number of pyridine rings is 1. The van der Waals surface area contributed by atoms with Gasteiger partial charge in [0.1, 0.15) is 11.5 Å². The highest BCUT2D eigenvalue weighted by Gasteiger charge is 2.18. The minimum atomic E-state index is -0.139. The highest BCUT2D eigenvalue weighted by molar-refractivity contribution is 6.06. The molecule has 0 bridgehead atoms. The van der Waals surface area contributed by atoms with E-state index in [1.165, 1.54) is 0 Å². The molecular weight excluding hydrogens is 364 g/mol. The SMILES string of the molecule is CN1CCN(c2ccccc2NC(=O)c2ccc(Oc3cccnc3)cc2)CC1. The fourth-order valence-corrected chi connectivity index (χ4v) is 3.31. The predicted molar refractivity (Wildman–Crippen MR) is 115 cm³/mol. The maximum Gasteiger partial charge on any atom is 0.255 e. The second-order valence-corrected chi connectivity index (χ2v) is 7.08. The van der Waals surface area contributed by atoms with Crippen LogP contribution in [-0.2, 0) is 0 Å². The third-order valence-electron chi connectivity index (χ3n) is 4.98. The molecule has 0 unspecified atom stereocenters. The van der Waals surface area contributed by atoms with E-state index in [1.54, 1.807) is 36.7 Å². The van der Waals surface area contributed by atoms with Gasteiger partial charge in [-0.15, -0.1) is 0 Å². The van der Waals surface area contributed by atoms with Crippen LogP contribution in [0.1, 0.15) is 10.4 Å². The van der Waals surface area contributed by atoms with Gasteiger partial charge >= 0.3 is 0 Å². The average Bonchev–Trinajstić information content (AvgIpc) is 2.76. The number of para-hydroxylation sites is 2. The zero-order valence-corrected chi connectivity index (χ0v) is 16.4. The van der Waals surface area contributed by atoms with E-state index < -0.39 is 0 Å². The summed E-state index contributed by atoms with van der Waals surface area (Å²) in [6.07, 6.45) is 3.34. The van der Waals surface area contributed by atoms with E-state index in [2.05, 4.69) is 33.2 Å². The predicted octanol–water partition coefficient (Wildman–Crippen LogP) is 3.88. The molecule has 1 N–H and O–H groups in total. The Kier molecular flexibility index (Phi) is 5.72. The highest BCUT2D eigenvalue weighted by atomic mass is 16.5. The Morgan fingerprint density at radius 3 is 2.41 bits per heavy atom. The fraction of sp³-hybridized carbons (Fsp3) is 0.217. The summed E-state index contributed by atoms with van der Waals surface area (Å²) < 4.78 is 5.73. The molecule has 2 heterocycles. The molecule has 0 saturated carbocycles. The van der Waals surface area contributed by atoms with Gasteiger partial charge in [-0.2, -0.15) is 0 Å². The third kappa shape index (κ3) is 4.73. The van der Waals surface area contributed by atoms with E-state index in [-0.39, 0.29) is 5.91 Å². The van der Waals surface area contributed by atoms with Crippen LogP contribution in [0.2, 0.25) is 0 Å². The largest absolute Gasteiger partial charge is 0.456 e. The van der Waals surface area contributed by atoms with Crippen LogP contribution in [0.4, 0.5) is 11.4 Å². The summed E-state index contributed by atoms with van der Waals surface area (Å²) in [4.78, 5) is 21.4. The molecule has 6 nitrogen and oxygen atoms in total. The Morgan fingerprint density at radius 1 is 0.931 bits per heavy atom. The Hall–Kier alpha value is -3.38. The second-order valence-electron chi connectivity index (χ2n) is 7.08. The van der Waals surface area contributed by atoms with Crippen LogP contribution >= 0.6 is 0 Å².